The number of aliphatic imine (C=N–C) groups is 1. The summed E-state index contributed by atoms with van der Waals surface area (Å²) < 4.78 is 5.37. The van der Waals surface area contributed by atoms with Crippen molar-refractivity contribution in [3.63, 3.8) is 0 Å². The van der Waals surface area contributed by atoms with E-state index in [0.29, 0.717) is 0 Å². The van der Waals surface area contributed by atoms with E-state index in [9.17, 15) is 0 Å². The van der Waals surface area contributed by atoms with Crippen LogP contribution in [0.25, 0.3) is 0 Å². The van der Waals surface area contributed by atoms with E-state index in [2.05, 4.69) is 34.5 Å². The van der Waals surface area contributed by atoms with Crippen LogP contribution in [-0.4, -0.2) is 50.6 Å². The highest BCUT2D eigenvalue weighted by atomic mass is 16.5. The van der Waals surface area contributed by atoms with Crippen LogP contribution >= 0.6 is 0 Å². The van der Waals surface area contributed by atoms with E-state index in [-0.39, 0.29) is 0 Å². The zero-order valence-corrected chi connectivity index (χ0v) is 17.0. The Balaban J connectivity index is 1.87. The van der Waals surface area contributed by atoms with Gasteiger partial charge in [0.15, 0.2) is 5.66 Å². The van der Waals surface area contributed by atoms with Gasteiger partial charge in [-0.05, 0) is 24.1 Å². The van der Waals surface area contributed by atoms with Crippen LogP contribution in [0.4, 0.5) is 0 Å². The molecule has 148 valence electrons. The zero-order chi connectivity index (χ0) is 20.1. The summed E-state index contributed by atoms with van der Waals surface area (Å²) in [7, 11) is 7.65. The first kappa shape index (κ1) is 19.8. The van der Waals surface area contributed by atoms with E-state index in [1.54, 1.807) is 7.11 Å². The molecule has 1 unspecified atom stereocenters. The molecule has 1 heterocycles. The molecule has 6 heteroatoms. The van der Waals surface area contributed by atoms with Gasteiger partial charge < -0.3 is 19.9 Å². The molecule has 0 aliphatic carbocycles. The van der Waals surface area contributed by atoms with Crippen molar-refractivity contribution in [3.05, 3.63) is 77.6 Å². The number of nitrogens with two attached hydrogens (primary N) is 1. The molecule has 0 aromatic heterocycles. The van der Waals surface area contributed by atoms with Gasteiger partial charge in [0.1, 0.15) is 11.6 Å². The molecule has 1 aliphatic rings. The van der Waals surface area contributed by atoms with Crippen LogP contribution in [0, 0.1) is 0 Å². The van der Waals surface area contributed by atoms with Gasteiger partial charge in [0.25, 0.3) is 0 Å². The van der Waals surface area contributed by atoms with Crippen molar-refractivity contribution < 1.29 is 4.74 Å². The third-order valence-electron chi connectivity index (χ3n) is 4.84. The summed E-state index contributed by atoms with van der Waals surface area (Å²) in [6.45, 7) is 0.824. The first-order valence-electron chi connectivity index (χ1n) is 9.37. The SMILES string of the molecule is COc1cccc(C2(N)C=C(N(C)C)NC(N(C)CCc3ccccc3)=N2)c1. The summed E-state index contributed by atoms with van der Waals surface area (Å²) in [5.41, 5.74) is 7.95. The monoisotopic (exact) mass is 379 g/mol. The number of hydrogen-bond acceptors (Lipinski definition) is 6. The van der Waals surface area contributed by atoms with E-state index in [1.807, 2.05) is 62.5 Å². The van der Waals surface area contributed by atoms with Gasteiger partial charge in [-0.1, -0.05) is 42.5 Å². The second kappa shape index (κ2) is 8.35. The van der Waals surface area contributed by atoms with Crippen LogP contribution < -0.4 is 15.8 Å². The summed E-state index contributed by atoms with van der Waals surface area (Å²) in [6, 6.07) is 18.2. The number of likely N-dealkylation sites (N-methyl/N-ethyl adjacent to an activating group) is 1. The number of methoxy groups -OCH3 is 1. The van der Waals surface area contributed by atoms with Gasteiger partial charge in [-0.3, -0.25) is 5.73 Å². The molecular formula is C22H29N5O. The van der Waals surface area contributed by atoms with Crippen molar-refractivity contribution in [2.24, 2.45) is 10.7 Å². The molecule has 3 rings (SSSR count). The third-order valence-corrected chi connectivity index (χ3v) is 4.84. The largest absolute Gasteiger partial charge is 0.497 e. The first-order valence-corrected chi connectivity index (χ1v) is 9.37. The lowest BCUT2D eigenvalue weighted by molar-refractivity contribution is 0.405. The maximum absolute atomic E-state index is 6.75. The van der Waals surface area contributed by atoms with Gasteiger partial charge in [-0.2, -0.15) is 0 Å². The summed E-state index contributed by atoms with van der Waals surface area (Å²) >= 11 is 0. The fourth-order valence-corrected chi connectivity index (χ4v) is 3.08. The summed E-state index contributed by atoms with van der Waals surface area (Å²) in [5, 5.41) is 3.39. The molecule has 0 fully saturated rings. The second-order valence-electron chi connectivity index (χ2n) is 7.20. The molecule has 0 radical (unpaired) electrons. The van der Waals surface area contributed by atoms with Crippen LogP contribution in [0.15, 0.2) is 71.5 Å². The highest BCUT2D eigenvalue weighted by Gasteiger charge is 2.31. The molecule has 2 aromatic rings. The molecule has 0 saturated heterocycles. The number of guanidine groups is 1. The lowest BCUT2D eigenvalue weighted by atomic mass is 9.99. The molecule has 1 aliphatic heterocycles. The molecule has 0 bridgehead atoms. The predicted octanol–water partition coefficient (Wildman–Crippen LogP) is 2.34. The van der Waals surface area contributed by atoms with Crippen molar-refractivity contribution in [3.8, 4) is 5.75 Å². The Bertz CT molecular complexity index is 862. The van der Waals surface area contributed by atoms with Gasteiger partial charge >= 0.3 is 0 Å². The van der Waals surface area contributed by atoms with Crippen molar-refractivity contribution in [2.75, 3.05) is 34.8 Å². The molecular weight excluding hydrogens is 350 g/mol. The van der Waals surface area contributed by atoms with Crippen LogP contribution in [0.3, 0.4) is 0 Å². The van der Waals surface area contributed by atoms with Gasteiger partial charge in [-0.25, -0.2) is 4.99 Å². The Labute approximate surface area is 167 Å². The maximum atomic E-state index is 6.75. The fraction of sp³-hybridized carbons (Fsp3) is 0.318. The smallest absolute Gasteiger partial charge is 0.201 e. The lowest BCUT2D eigenvalue weighted by Crippen LogP contribution is -2.50. The van der Waals surface area contributed by atoms with Crippen LogP contribution in [0.2, 0.25) is 0 Å². The third kappa shape index (κ3) is 4.46. The minimum Gasteiger partial charge on any atom is -0.497 e. The van der Waals surface area contributed by atoms with Crippen LogP contribution in [0.5, 0.6) is 5.75 Å². The zero-order valence-electron chi connectivity index (χ0n) is 17.0. The minimum absolute atomic E-state index is 0.743. The molecule has 0 amide bonds. The highest BCUT2D eigenvalue weighted by Crippen LogP contribution is 2.29. The molecule has 6 nitrogen and oxygen atoms in total. The fourth-order valence-electron chi connectivity index (χ4n) is 3.08. The topological polar surface area (TPSA) is 66.1 Å². The Morgan fingerprint density at radius 2 is 1.82 bits per heavy atom. The molecule has 2 aromatic carbocycles. The number of nitrogens with zero attached hydrogens (tertiary/aromatic N) is 3. The Kier molecular flexibility index (Phi) is 5.90. The lowest BCUT2D eigenvalue weighted by Gasteiger charge is -2.35. The first-order chi connectivity index (χ1) is 13.4. The minimum atomic E-state index is -0.976. The molecule has 28 heavy (non-hydrogen) atoms. The van der Waals surface area contributed by atoms with E-state index in [4.69, 9.17) is 15.5 Å². The quantitative estimate of drug-likeness (QED) is 0.807. The van der Waals surface area contributed by atoms with E-state index < -0.39 is 5.66 Å². The summed E-state index contributed by atoms with van der Waals surface area (Å²) in [6.07, 6.45) is 2.87. The number of nitrogens with one attached hydrogen (secondary N) is 1. The number of benzene rings is 2. The highest BCUT2D eigenvalue weighted by molar-refractivity contribution is 5.83. The number of hydrogen-bond donors (Lipinski definition) is 2. The average molecular weight is 380 g/mol. The molecule has 0 saturated carbocycles. The van der Waals surface area contributed by atoms with Crippen LogP contribution in [-0.2, 0) is 12.1 Å². The van der Waals surface area contributed by atoms with Gasteiger partial charge in [-0.15, -0.1) is 0 Å². The van der Waals surface area contributed by atoms with E-state index in [0.717, 1.165) is 36.1 Å². The van der Waals surface area contributed by atoms with Crippen molar-refractivity contribution in [2.45, 2.75) is 12.1 Å². The molecule has 1 atom stereocenters. The normalized spacial score (nSPS) is 18.6. The average Bonchev–Trinajstić information content (AvgIpc) is 2.72. The summed E-state index contributed by atoms with van der Waals surface area (Å²) in [5.74, 6) is 2.41. The second-order valence-corrected chi connectivity index (χ2v) is 7.20. The number of rotatable bonds is 6. The Morgan fingerprint density at radius 1 is 1.07 bits per heavy atom. The van der Waals surface area contributed by atoms with Crippen molar-refractivity contribution in [1.29, 1.82) is 0 Å². The Hall–Kier alpha value is -2.99. The van der Waals surface area contributed by atoms with Crippen molar-refractivity contribution in [1.82, 2.24) is 15.1 Å². The Morgan fingerprint density at radius 3 is 2.50 bits per heavy atom. The van der Waals surface area contributed by atoms with E-state index in [1.165, 1.54) is 5.56 Å². The van der Waals surface area contributed by atoms with Crippen molar-refractivity contribution >= 4 is 5.96 Å². The molecule has 3 N–H and O–H groups in total. The summed E-state index contributed by atoms with van der Waals surface area (Å²) in [4.78, 5) is 8.96. The predicted molar refractivity (Wildman–Crippen MR) is 114 cm³/mol. The number of ether oxygens (including phenoxy) is 1. The molecule has 0 spiro atoms. The van der Waals surface area contributed by atoms with Crippen LogP contribution in [0.1, 0.15) is 11.1 Å². The van der Waals surface area contributed by atoms with Gasteiger partial charge in [0, 0.05) is 39.3 Å². The standard InChI is InChI=1S/C22H29N5O/c1-26(2)20-16-22(23,18-11-8-12-19(15-18)28-4)25-21(24-20)27(3)14-13-17-9-6-5-7-10-17/h5-12,15-16H,13-14,23H2,1-4H3,(H,24,25). The maximum Gasteiger partial charge on any atom is 0.201 e. The van der Waals surface area contributed by atoms with E-state index >= 15 is 0 Å². The van der Waals surface area contributed by atoms with Gasteiger partial charge in [0.2, 0.25) is 5.96 Å². The van der Waals surface area contributed by atoms with Gasteiger partial charge in [0.05, 0.1) is 7.11 Å².